The molecule has 1 N–H and O–H groups in total. The molecule has 2 atom stereocenters. The summed E-state index contributed by atoms with van der Waals surface area (Å²) >= 11 is 0. The van der Waals surface area contributed by atoms with Crippen molar-refractivity contribution in [3.63, 3.8) is 0 Å². The number of rotatable bonds is 2. The van der Waals surface area contributed by atoms with E-state index in [4.69, 9.17) is 5.11 Å². The Kier molecular flexibility index (Phi) is 2.90. The zero-order valence-corrected chi connectivity index (χ0v) is 7.75. The number of aliphatic hydroxyl groups excluding tert-OH is 1. The smallest absolute Gasteiger partial charge is 0.0474 e. The Morgan fingerprint density at radius 1 is 1.45 bits per heavy atom. The van der Waals surface area contributed by atoms with E-state index in [0.29, 0.717) is 24.4 Å². The van der Waals surface area contributed by atoms with Gasteiger partial charge in [0.05, 0.1) is 0 Å². The molecule has 2 heteroatoms. The first-order valence-corrected chi connectivity index (χ1v) is 4.44. The molecule has 1 fully saturated rings. The first-order chi connectivity index (χ1) is 5.15. The monoisotopic (exact) mass is 157 g/mol. The summed E-state index contributed by atoms with van der Waals surface area (Å²) in [7, 11) is 2.13. The molecule has 0 bridgehead atoms. The molecule has 1 aliphatic heterocycles. The van der Waals surface area contributed by atoms with Crippen molar-refractivity contribution in [3.8, 4) is 0 Å². The fourth-order valence-electron chi connectivity index (χ4n) is 2.07. The number of hydrogen-bond donors (Lipinski definition) is 1. The van der Waals surface area contributed by atoms with Crippen molar-refractivity contribution in [2.75, 3.05) is 26.7 Å². The van der Waals surface area contributed by atoms with Gasteiger partial charge in [-0.15, -0.1) is 0 Å². The van der Waals surface area contributed by atoms with Gasteiger partial charge in [0.2, 0.25) is 0 Å². The van der Waals surface area contributed by atoms with E-state index >= 15 is 0 Å². The van der Waals surface area contributed by atoms with Crippen molar-refractivity contribution in [1.82, 2.24) is 4.90 Å². The van der Waals surface area contributed by atoms with E-state index in [2.05, 4.69) is 25.8 Å². The minimum Gasteiger partial charge on any atom is -0.396 e. The molecule has 66 valence electrons. The molecule has 1 rings (SSSR count). The van der Waals surface area contributed by atoms with Crippen molar-refractivity contribution in [2.45, 2.75) is 13.8 Å². The first kappa shape index (κ1) is 9.01. The Labute approximate surface area is 69.2 Å². The van der Waals surface area contributed by atoms with Gasteiger partial charge in [-0.2, -0.15) is 0 Å². The first-order valence-electron chi connectivity index (χ1n) is 4.44. The number of likely N-dealkylation sites (tertiary alicyclic amines) is 1. The molecule has 0 aromatic heterocycles. The number of hydrogen-bond acceptors (Lipinski definition) is 2. The summed E-state index contributed by atoms with van der Waals surface area (Å²) in [6.45, 7) is 7.06. The van der Waals surface area contributed by atoms with Gasteiger partial charge in [0, 0.05) is 19.7 Å². The van der Waals surface area contributed by atoms with Gasteiger partial charge in [0.15, 0.2) is 0 Å². The van der Waals surface area contributed by atoms with E-state index in [-0.39, 0.29) is 0 Å². The molecule has 2 nitrogen and oxygen atoms in total. The predicted octanol–water partition coefficient (Wildman–Crippen LogP) is 0.812. The van der Waals surface area contributed by atoms with Crippen LogP contribution < -0.4 is 0 Å². The lowest BCUT2D eigenvalue weighted by Crippen LogP contribution is -2.21. The molecule has 11 heavy (non-hydrogen) atoms. The van der Waals surface area contributed by atoms with E-state index in [1.165, 1.54) is 0 Å². The molecule has 0 aromatic carbocycles. The van der Waals surface area contributed by atoms with Gasteiger partial charge in [0.1, 0.15) is 0 Å². The Bertz CT molecular complexity index is 125. The average Bonchev–Trinajstić information content (AvgIpc) is 2.30. The second kappa shape index (κ2) is 3.55. The zero-order valence-electron chi connectivity index (χ0n) is 7.75. The van der Waals surface area contributed by atoms with Crippen LogP contribution in [0, 0.1) is 17.8 Å². The van der Waals surface area contributed by atoms with Gasteiger partial charge < -0.3 is 10.0 Å². The van der Waals surface area contributed by atoms with Crippen LogP contribution in [0.15, 0.2) is 0 Å². The van der Waals surface area contributed by atoms with Gasteiger partial charge in [-0.05, 0) is 24.8 Å². The SMILES string of the molecule is CC(C)C1CN(C)CC1CO. The van der Waals surface area contributed by atoms with E-state index in [9.17, 15) is 0 Å². The fourth-order valence-corrected chi connectivity index (χ4v) is 2.07. The topological polar surface area (TPSA) is 23.5 Å². The number of aliphatic hydroxyl groups is 1. The average molecular weight is 157 g/mol. The van der Waals surface area contributed by atoms with Crippen molar-refractivity contribution < 1.29 is 5.11 Å². The minimum atomic E-state index is 0.354. The van der Waals surface area contributed by atoms with Gasteiger partial charge in [-0.25, -0.2) is 0 Å². The highest BCUT2D eigenvalue weighted by molar-refractivity contribution is 4.83. The van der Waals surface area contributed by atoms with Crippen LogP contribution >= 0.6 is 0 Å². The maximum absolute atomic E-state index is 9.08. The highest BCUT2D eigenvalue weighted by atomic mass is 16.3. The summed E-state index contributed by atoms with van der Waals surface area (Å²) in [5.41, 5.74) is 0. The normalized spacial score (nSPS) is 33.5. The molecule has 1 saturated heterocycles. The molecule has 2 unspecified atom stereocenters. The highest BCUT2D eigenvalue weighted by Gasteiger charge is 2.31. The summed E-state index contributed by atoms with van der Waals surface area (Å²) in [4.78, 5) is 2.31. The molecule has 1 aliphatic rings. The van der Waals surface area contributed by atoms with Crippen LogP contribution in [0.4, 0.5) is 0 Å². The third-order valence-electron chi connectivity index (χ3n) is 2.76. The molecule has 0 aliphatic carbocycles. The minimum absolute atomic E-state index is 0.354. The van der Waals surface area contributed by atoms with Crippen LogP contribution in [0.5, 0.6) is 0 Å². The molecule has 0 aromatic rings. The maximum atomic E-state index is 9.08. The summed E-state index contributed by atoms with van der Waals surface area (Å²) in [6.07, 6.45) is 0. The zero-order chi connectivity index (χ0) is 8.43. The summed E-state index contributed by atoms with van der Waals surface area (Å²) in [5, 5.41) is 9.08. The summed E-state index contributed by atoms with van der Waals surface area (Å²) < 4.78 is 0. The van der Waals surface area contributed by atoms with Crippen LogP contribution in [0.2, 0.25) is 0 Å². The quantitative estimate of drug-likeness (QED) is 0.641. The van der Waals surface area contributed by atoms with Crippen LogP contribution in [0.25, 0.3) is 0 Å². The summed E-state index contributed by atoms with van der Waals surface area (Å²) in [5.74, 6) is 1.92. The van der Waals surface area contributed by atoms with E-state index in [1.807, 2.05) is 0 Å². The van der Waals surface area contributed by atoms with Crippen LogP contribution in [0.1, 0.15) is 13.8 Å². The lowest BCUT2D eigenvalue weighted by atomic mass is 9.87. The van der Waals surface area contributed by atoms with Crippen molar-refractivity contribution >= 4 is 0 Å². The number of nitrogens with zero attached hydrogens (tertiary/aromatic N) is 1. The van der Waals surface area contributed by atoms with Gasteiger partial charge in [-0.3, -0.25) is 0 Å². The van der Waals surface area contributed by atoms with Crippen LogP contribution in [-0.4, -0.2) is 36.8 Å². The third kappa shape index (κ3) is 1.94. The van der Waals surface area contributed by atoms with Crippen molar-refractivity contribution in [1.29, 1.82) is 0 Å². The van der Waals surface area contributed by atoms with E-state index in [1.54, 1.807) is 0 Å². The molecule has 1 heterocycles. The molecular formula is C9H19NO. The third-order valence-corrected chi connectivity index (χ3v) is 2.76. The molecule has 0 saturated carbocycles. The van der Waals surface area contributed by atoms with Gasteiger partial charge in [0.25, 0.3) is 0 Å². The van der Waals surface area contributed by atoms with Gasteiger partial charge in [-0.1, -0.05) is 13.8 Å². The molecule has 0 radical (unpaired) electrons. The lowest BCUT2D eigenvalue weighted by Gasteiger charge is -2.19. The van der Waals surface area contributed by atoms with Crippen molar-refractivity contribution in [2.24, 2.45) is 17.8 Å². The Morgan fingerprint density at radius 3 is 2.45 bits per heavy atom. The van der Waals surface area contributed by atoms with Crippen LogP contribution in [0.3, 0.4) is 0 Å². The fraction of sp³-hybridized carbons (Fsp3) is 1.00. The van der Waals surface area contributed by atoms with Crippen molar-refractivity contribution in [3.05, 3.63) is 0 Å². The van der Waals surface area contributed by atoms with E-state index in [0.717, 1.165) is 13.1 Å². The molecular weight excluding hydrogens is 138 g/mol. The Hall–Kier alpha value is -0.0800. The Balaban J connectivity index is 2.50. The van der Waals surface area contributed by atoms with Gasteiger partial charge >= 0.3 is 0 Å². The highest BCUT2D eigenvalue weighted by Crippen LogP contribution is 2.27. The second-order valence-electron chi connectivity index (χ2n) is 4.07. The van der Waals surface area contributed by atoms with Crippen LogP contribution in [-0.2, 0) is 0 Å². The molecule has 0 spiro atoms. The van der Waals surface area contributed by atoms with E-state index < -0.39 is 0 Å². The second-order valence-corrected chi connectivity index (χ2v) is 4.07. The Morgan fingerprint density at radius 2 is 2.09 bits per heavy atom. The predicted molar refractivity (Wildman–Crippen MR) is 46.4 cm³/mol. The lowest BCUT2D eigenvalue weighted by molar-refractivity contribution is 0.182. The standard InChI is InChI=1S/C9H19NO/c1-7(2)9-5-10(3)4-8(9)6-11/h7-9,11H,4-6H2,1-3H3. The largest absolute Gasteiger partial charge is 0.396 e. The maximum Gasteiger partial charge on any atom is 0.0474 e. The molecule has 0 amide bonds. The summed E-state index contributed by atoms with van der Waals surface area (Å²) in [6, 6.07) is 0.